The van der Waals surface area contributed by atoms with Gasteiger partial charge in [-0.2, -0.15) is 0 Å². The van der Waals surface area contributed by atoms with Gasteiger partial charge < -0.3 is 10.2 Å². The number of aryl methyl sites for hydroxylation is 1. The summed E-state index contributed by atoms with van der Waals surface area (Å²) in [5, 5.41) is 3.62. The fourth-order valence-electron chi connectivity index (χ4n) is 4.93. The molecule has 0 radical (unpaired) electrons. The molecule has 0 aliphatic carbocycles. The standard InChI is InChI=1S/C29H33FN4/c1-20(2)22-12-14-26-25(18-22)29(32-28-10-5-4-9-27(28)31-26)34-16-15-33(3)24(19-34)13-11-21-7-6-8-23(30)17-21/h4-10,12,14,17-18,20,24,31H,11,13,15-16,19H2,1-3H3/t24-/m0/s1. The molecule has 1 saturated heterocycles. The average molecular weight is 457 g/mol. The minimum absolute atomic E-state index is 0.160. The number of rotatable bonds is 4. The summed E-state index contributed by atoms with van der Waals surface area (Å²) in [6.07, 6.45) is 1.85. The Kier molecular flexibility index (Phi) is 6.38. The highest BCUT2D eigenvalue weighted by Crippen LogP contribution is 2.36. The number of aliphatic imine (C=N–C) groups is 1. The van der Waals surface area contributed by atoms with E-state index in [-0.39, 0.29) is 5.82 Å². The van der Waals surface area contributed by atoms with Crippen molar-refractivity contribution in [3.05, 3.63) is 89.2 Å². The molecule has 0 unspecified atom stereocenters. The summed E-state index contributed by atoms with van der Waals surface area (Å²) in [6.45, 7) is 7.27. The summed E-state index contributed by atoms with van der Waals surface area (Å²) in [5.41, 5.74) is 6.64. The van der Waals surface area contributed by atoms with Crippen molar-refractivity contribution in [3.8, 4) is 0 Å². The summed E-state index contributed by atoms with van der Waals surface area (Å²) in [6, 6.07) is 22.3. The number of benzene rings is 3. The summed E-state index contributed by atoms with van der Waals surface area (Å²) in [7, 11) is 2.20. The number of para-hydroxylation sites is 2. The second kappa shape index (κ2) is 9.59. The van der Waals surface area contributed by atoms with Crippen molar-refractivity contribution >= 4 is 22.9 Å². The Bertz CT molecular complexity index is 1200. The molecule has 176 valence electrons. The Hall–Kier alpha value is -3.18. The van der Waals surface area contributed by atoms with E-state index in [1.165, 1.54) is 11.6 Å². The number of hydrogen-bond acceptors (Lipinski definition) is 4. The Balaban J connectivity index is 1.46. The van der Waals surface area contributed by atoms with E-state index in [0.29, 0.717) is 12.0 Å². The highest BCUT2D eigenvalue weighted by atomic mass is 19.1. The van der Waals surface area contributed by atoms with Crippen LogP contribution < -0.4 is 5.32 Å². The maximum absolute atomic E-state index is 13.7. The molecule has 0 bridgehead atoms. The first-order chi connectivity index (χ1) is 16.5. The van der Waals surface area contributed by atoms with Crippen LogP contribution in [-0.2, 0) is 6.42 Å². The van der Waals surface area contributed by atoms with Crippen LogP contribution in [0.15, 0.2) is 71.7 Å². The first-order valence-corrected chi connectivity index (χ1v) is 12.3. The summed E-state index contributed by atoms with van der Waals surface area (Å²) < 4.78 is 13.7. The van der Waals surface area contributed by atoms with Crippen molar-refractivity contribution in [1.29, 1.82) is 0 Å². The van der Waals surface area contributed by atoms with Crippen LogP contribution >= 0.6 is 0 Å². The van der Waals surface area contributed by atoms with Gasteiger partial charge in [-0.15, -0.1) is 0 Å². The number of likely N-dealkylation sites (N-methyl/N-ethyl adjacent to an activating group) is 1. The molecular weight excluding hydrogens is 423 g/mol. The van der Waals surface area contributed by atoms with Gasteiger partial charge in [-0.05, 0) is 73.3 Å². The van der Waals surface area contributed by atoms with E-state index in [1.807, 2.05) is 18.2 Å². The van der Waals surface area contributed by atoms with E-state index in [9.17, 15) is 4.39 Å². The van der Waals surface area contributed by atoms with Crippen LogP contribution in [0.5, 0.6) is 0 Å². The number of halogens is 1. The van der Waals surface area contributed by atoms with Gasteiger partial charge in [-0.3, -0.25) is 4.90 Å². The lowest BCUT2D eigenvalue weighted by atomic mass is 9.97. The Morgan fingerprint density at radius 2 is 1.85 bits per heavy atom. The summed E-state index contributed by atoms with van der Waals surface area (Å²) in [5.74, 6) is 1.33. The zero-order valence-electron chi connectivity index (χ0n) is 20.3. The molecule has 3 aromatic carbocycles. The SMILES string of the molecule is CC(C)c1ccc2c(c1)C(N1CCN(C)[C@@H](CCc3cccc(F)c3)C1)=Nc1ccccc1N2. The molecule has 4 nitrogen and oxygen atoms in total. The van der Waals surface area contributed by atoms with E-state index in [2.05, 4.69) is 66.3 Å². The topological polar surface area (TPSA) is 30.9 Å². The van der Waals surface area contributed by atoms with Gasteiger partial charge in [0.1, 0.15) is 11.7 Å². The molecule has 0 saturated carbocycles. The third-order valence-corrected chi connectivity index (χ3v) is 7.08. The normalized spacial score (nSPS) is 18.1. The molecular formula is C29H33FN4. The Morgan fingerprint density at radius 1 is 1.00 bits per heavy atom. The molecule has 2 aliphatic heterocycles. The van der Waals surface area contributed by atoms with Crippen molar-refractivity contribution < 1.29 is 4.39 Å². The average Bonchev–Trinajstić information content (AvgIpc) is 3.00. The van der Waals surface area contributed by atoms with Gasteiger partial charge in [0.25, 0.3) is 0 Å². The minimum Gasteiger partial charge on any atom is -0.353 e. The fraction of sp³-hybridized carbons (Fsp3) is 0.345. The molecule has 0 spiro atoms. The van der Waals surface area contributed by atoms with Crippen molar-refractivity contribution in [2.45, 2.75) is 38.6 Å². The molecule has 1 atom stereocenters. The summed E-state index contributed by atoms with van der Waals surface area (Å²) in [4.78, 5) is 10.1. The zero-order chi connectivity index (χ0) is 23.7. The second-order valence-electron chi connectivity index (χ2n) is 9.79. The van der Waals surface area contributed by atoms with Crippen LogP contribution in [0.1, 0.15) is 42.9 Å². The Labute approximate surface area is 202 Å². The molecule has 3 aromatic rings. The maximum Gasteiger partial charge on any atom is 0.138 e. The van der Waals surface area contributed by atoms with Crippen LogP contribution in [0.2, 0.25) is 0 Å². The van der Waals surface area contributed by atoms with Gasteiger partial charge in [0.2, 0.25) is 0 Å². The van der Waals surface area contributed by atoms with Crippen molar-refractivity contribution in [3.63, 3.8) is 0 Å². The zero-order valence-corrected chi connectivity index (χ0v) is 20.3. The van der Waals surface area contributed by atoms with Crippen molar-refractivity contribution in [2.24, 2.45) is 4.99 Å². The molecule has 5 rings (SSSR count). The highest BCUT2D eigenvalue weighted by molar-refractivity contribution is 6.08. The number of hydrogen-bond donors (Lipinski definition) is 1. The predicted molar refractivity (Wildman–Crippen MR) is 139 cm³/mol. The van der Waals surface area contributed by atoms with Gasteiger partial charge in [-0.25, -0.2) is 9.38 Å². The fourth-order valence-corrected chi connectivity index (χ4v) is 4.93. The molecule has 0 aromatic heterocycles. The Morgan fingerprint density at radius 3 is 2.68 bits per heavy atom. The van der Waals surface area contributed by atoms with E-state index in [1.54, 1.807) is 12.1 Å². The highest BCUT2D eigenvalue weighted by Gasteiger charge is 2.29. The quantitative estimate of drug-likeness (QED) is 0.497. The van der Waals surface area contributed by atoms with Gasteiger partial charge in [0.15, 0.2) is 0 Å². The van der Waals surface area contributed by atoms with Gasteiger partial charge in [0, 0.05) is 36.9 Å². The molecule has 1 fully saturated rings. The third-order valence-electron chi connectivity index (χ3n) is 7.08. The number of fused-ring (bicyclic) bond motifs is 2. The lowest BCUT2D eigenvalue weighted by molar-refractivity contribution is 0.134. The lowest BCUT2D eigenvalue weighted by Gasteiger charge is -2.41. The smallest absolute Gasteiger partial charge is 0.138 e. The minimum atomic E-state index is -0.160. The van der Waals surface area contributed by atoms with Gasteiger partial charge in [-0.1, -0.05) is 44.2 Å². The molecule has 34 heavy (non-hydrogen) atoms. The van der Waals surface area contributed by atoms with Crippen LogP contribution in [0, 0.1) is 5.82 Å². The van der Waals surface area contributed by atoms with Crippen LogP contribution in [0.25, 0.3) is 0 Å². The number of nitrogens with one attached hydrogen (secondary N) is 1. The van der Waals surface area contributed by atoms with Crippen molar-refractivity contribution in [1.82, 2.24) is 9.80 Å². The first kappa shape index (κ1) is 22.6. The third kappa shape index (κ3) is 4.71. The van der Waals surface area contributed by atoms with Gasteiger partial charge in [0.05, 0.1) is 11.4 Å². The van der Waals surface area contributed by atoms with E-state index in [0.717, 1.165) is 66.5 Å². The number of amidine groups is 1. The molecule has 5 heteroatoms. The van der Waals surface area contributed by atoms with E-state index in [4.69, 9.17) is 4.99 Å². The molecule has 0 amide bonds. The number of piperazine rings is 1. The molecule has 1 N–H and O–H groups in total. The van der Waals surface area contributed by atoms with E-state index < -0.39 is 0 Å². The van der Waals surface area contributed by atoms with E-state index >= 15 is 0 Å². The van der Waals surface area contributed by atoms with Crippen molar-refractivity contribution in [2.75, 3.05) is 32.0 Å². The monoisotopic (exact) mass is 456 g/mol. The molecule has 2 aliphatic rings. The van der Waals surface area contributed by atoms with Crippen LogP contribution in [-0.4, -0.2) is 48.4 Å². The first-order valence-electron chi connectivity index (χ1n) is 12.3. The summed E-state index contributed by atoms with van der Waals surface area (Å²) >= 11 is 0. The lowest BCUT2D eigenvalue weighted by Crippen LogP contribution is -2.53. The predicted octanol–water partition coefficient (Wildman–Crippen LogP) is 6.33. The largest absolute Gasteiger partial charge is 0.353 e. The van der Waals surface area contributed by atoms with Crippen LogP contribution in [0.4, 0.5) is 21.5 Å². The second-order valence-corrected chi connectivity index (χ2v) is 9.79. The maximum atomic E-state index is 13.7. The number of nitrogens with zero attached hydrogens (tertiary/aromatic N) is 3. The van der Waals surface area contributed by atoms with Gasteiger partial charge >= 0.3 is 0 Å². The number of anilines is 2. The molecule has 2 heterocycles. The van der Waals surface area contributed by atoms with Crippen LogP contribution in [0.3, 0.4) is 0 Å².